The molecular weight excluding hydrogens is 391 g/mol. The van der Waals surface area contributed by atoms with Crippen LogP contribution in [0.15, 0.2) is 59.3 Å². The number of hydrogen-bond acceptors (Lipinski definition) is 5. The van der Waals surface area contributed by atoms with Crippen LogP contribution in [0.3, 0.4) is 0 Å². The van der Waals surface area contributed by atoms with Gasteiger partial charge in [0.15, 0.2) is 11.4 Å². The predicted molar refractivity (Wildman–Crippen MR) is 111 cm³/mol. The van der Waals surface area contributed by atoms with E-state index in [1.54, 1.807) is 18.3 Å². The van der Waals surface area contributed by atoms with Crippen LogP contribution in [0, 0.1) is 5.82 Å². The van der Waals surface area contributed by atoms with Crippen molar-refractivity contribution >= 4 is 22.6 Å². The summed E-state index contributed by atoms with van der Waals surface area (Å²) >= 11 is 5.82. The maximum Gasteiger partial charge on any atom is 0.159 e. The number of nitrogens with zero attached hydrogens (tertiary/aromatic N) is 3. The molecule has 0 radical (unpaired) electrons. The minimum atomic E-state index is -0.448. The molecule has 0 saturated carbocycles. The van der Waals surface area contributed by atoms with Gasteiger partial charge in [0.05, 0.1) is 11.6 Å². The number of fused-ring (bicyclic) bond motifs is 1. The maximum atomic E-state index is 13.3. The number of benzene rings is 1. The molecule has 0 aliphatic rings. The molecule has 0 fully saturated rings. The third-order valence-electron chi connectivity index (χ3n) is 4.63. The Hall–Kier alpha value is -2.83. The van der Waals surface area contributed by atoms with Crippen LogP contribution < -0.4 is 5.32 Å². The Labute approximate surface area is 172 Å². The van der Waals surface area contributed by atoms with Crippen LogP contribution in [0.2, 0.25) is 5.02 Å². The molecule has 3 heterocycles. The number of nitrogens with one attached hydrogen (secondary N) is 1. The SMILES string of the molecule is Fc1ccc(-c2cc(CNCCCCc3ccc4cccnc4n3)on2)cc1Cl. The summed E-state index contributed by atoms with van der Waals surface area (Å²) in [4.78, 5) is 8.90. The molecule has 3 aromatic heterocycles. The molecule has 148 valence electrons. The van der Waals surface area contributed by atoms with Gasteiger partial charge in [-0.15, -0.1) is 0 Å². The van der Waals surface area contributed by atoms with Crippen LogP contribution >= 0.6 is 11.6 Å². The third kappa shape index (κ3) is 4.96. The van der Waals surface area contributed by atoms with Gasteiger partial charge >= 0.3 is 0 Å². The van der Waals surface area contributed by atoms with Gasteiger partial charge in [0.1, 0.15) is 11.5 Å². The van der Waals surface area contributed by atoms with Crippen LogP contribution in [0.1, 0.15) is 24.3 Å². The van der Waals surface area contributed by atoms with Gasteiger partial charge < -0.3 is 9.84 Å². The van der Waals surface area contributed by atoms with Gasteiger partial charge in [-0.3, -0.25) is 0 Å². The summed E-state index contributed by atoms with van der Waals surface area (Å²) in [5.41, 5.74) is 3.23. The number of pyridine rings is 2. The first kappa shape index (κ1) is 19.5. The van der Waals surface area contributed by atoms with Crippen molar-refractivity contribution in [3.05, 3.63) is 77.0 Å². The van der Waals surface area contributed by atoms with Crippen molar-refractivity contribution in [2.24, 2.45) is 0 Å². The number of rotatable bonds is 8. The smallest absolute Gasteiger partial charge is 0.159 e. The van der Waals surface area contributed by atoms with E-state index < -0.39 is 5.82 Å². The zero-order valence-electron chi connectivity index (χ0n) is 15.7. The van der Waals surface area contributed by atoms with Gasteiger partial charge in [-0.2, -0.15) is 0 Å². The summed E-state index contributed by atoms with van der Waals surface area (Å²) in [7, 11) is 0. The number of hydrogen-bond donors (Lipinski definition) is 1. The normalized spacial score (nSPS) is 11.2. The van der Waals surface area contributed by atoms with Gasteiger partial charge in [-0.1, -0.05) is 16.8 Å². The first-order valence-corrected chi connectivity index (χ1v) is 9.89. The van der Waals surface area contributed by atoms with Crippen LogP contribution in [-0.4, -0.2) is 21.7 Å². The van der Waals surface area contributed by atoms with Crippen molar-refractivity contribution < 1.29 is 8.91 Å². The fraction of sp³-hybridized carbons (Fsp3) is 0.227. The van der Waals surface area contributed by atoms with Crippen molar-refractivity contribution in [1.82, 2.24) is 20.4 Å². The highest BCUT2D eigenvalue weighted by Gasteiger charge is 2.09. The number of aromatic nitrogens is 3. The molecular formula is C22H20ClFN4O. The molecule has 0 atom stereocenters. The minimum absolute atomic E-state index is 0.0712. The summed E-state index contributed by atoms with van der Waals surface area (Å²) in [6.07, 6.45) is 4.75. The molecule has 0 aliphatic heterocycles. The van der Waals surface area contributed by atoms with E-state index >= 15 is 0 Å². The van der Waals surface area contributed by atoms with Crippen molar-refractivity contribution in [3.8, 4) is 11.3 Å². The Kier molecular flexibility index (Phi) is 6.12. The van der Waals surface area contributed by atoms with Crippen LogP contribution in [-0.2, 0) is 13.0 Å². The average molecular weight is 411 g/mol. The summed E-state index contributed by atoms with van der Waals surface area (Å²) in [5.74, 6) is 0.277. The molecule has 29 heavy (non-hydrogen) atoms. The molecule has 7 heteroatoms. The van der Waals surface area contributed by atoms with Crippen LogP contribution in [0.25, 0.3) is 22.3 Å². The maximum absolute atomic E-state index is 13.3. The lowest BCUT2D eigenvalue weighted by Gasteiger charge is -2.04. The molecule has 0 bridgehead atoms. The second-order valence-corrected chi connectivity index (χ2v) is 7.20. The molecule has 5 nitrogen and oxygen atoms in total. The van der Waals surface area contributed by atoms with E-state index in [-0.39, 0.29) is 5.02 Å². The second-order valence-electron chi connectivity index (χ2n) is 6.79. The third-order valence-corrected chi connectivity index (χ3v) is 4.92. The highest BCUT2D eigenvalue weighted by Crippen LogP contribution is 2.24. The van der Waals surface area contributed by atoms with Crippen molar-refractivity contribution in [1.29, 1.82) is 0 Å². The predicted octanol–water partition coefficient (Wildman–Crippen LogP) is 5.19. The van der Waals surface area contributed by atoms with E-state index in [0.717, 1.165) is 53.9 Å². The summed E-state index contributed by atoms with van der Waals surface area (Å²) in [6.45, 7) is 1.45. The van der Waals surface area contributed by atoms with Gasteiger partial charge in [0.2, 0.25) is 0 Å². The molecule has 4 aromatic rings. The van der Waals surface area contributed by atoms with Crippen molar-refractivity contribution in [3.63, 3.8) is 0 Å². The highest BCUT2D eigenvalue weighted by molar-refractivity contribution is 6.31. The van der Waals surface area contributed by atoms with E-state index in [1.807, 2.05) is 18.2 Å². The van der Waals surface area contributed by atoms with Gasteiger partial charge in [0, 0.05) is 28.9 Å². The van der Waals surface area contributed by atoms with Gasteiger partial charge in [-0.05, 0) is 68.3 Å². The zero-order chi connectivity index (χ0) is 20.1. The summed E-state index contributed by atoms with van der Waals surface area (Å²) in [6, 6.07) is 14.4. The Balaban J connectivity index is 1.20. The van der Waals surface area contributed by atoms with Crippen molar-refractivity contribution in [2.45, 2.75) is 25.8 Å². The number of halogens is 2. The average Bonchev–Trinajstić information content (AvgIpc) is 3.21. The standard InChI is InChI=1S/C22H20ClFN4O/c23-19-12-16(7-9-20(19)24)21-13-18(29-28-21)14-25-10-2-1-5-17-8-6-15-4-3-11-26-22(15)27-17/h3-4,6-9,11-13,25H,1-2,5,10,14H2. The quantitative estimate of drug-likeness (QED) is 0.405. The van der Waals surface area contributed by atoms with Gasteiger partial charge in [-0.25, -0.2) is 14.4 Å². The lowest BCUT2D eigenvalue weighted by Crippen LogP contribution is -2.14. The van der Waals surface area contributed by atoms with Crippen LogP contribution in [0.4, 0.5) is 4.39 Å². The monoisotopic (exact) mass is 410 g/mol. The first-order valence-electron chi connectivity index (χ1n) is 9.51. The molecule has 1 N–H and O–H groups in total. The Morgan fingerprint density at radius 2 is 2.00 bits per heavy atom. The van der Waals surface area contributed by atoms with E-state index in [4.69, 9.17) is 16.1 Å². The van der Waals surface area contributed by atoms with E-state index in [1.165, 1.54) is 6.07 Å². The minimum Gasteiger partial charge on any atom is -0.359 e. The number of aryl methyl sites for hydroxylation is 1. The topological polar surface area (TPSA) is 63.8 Å². The molecule has 4 rings (SSSR count). The Morgan fingerprint density at radius 1 is 1.07 bits per heavy atom. The molecule has 1 aromatic carbocycles. The van der Waals surface area contributed by atoms with Gasteiger partial charge in [0.25, 0.3) is 0 Å². The second kappa shape index (κ2) is 9.11. The van der Waals surface area contributed by atoms with E-state index in [0.29, 0.717) is 12.2 Å². The fourth-order valence-electron chi connectivity index (χ4n) is 3.09. The highest BCUT2D eigenvalue weighted by atomic mass is 35.5. The molecule has 0 spiro atoms. The lowest BCUT2D eigenvalue weighted by atomic mass is 10.1. The van der Waals surface area contributed by atoms with E-state index in [9.17, 15) is 4.39 Å². The number of unbranched alkanes of at least 4 members (excludes halogenated alkanes) is 1. The van der Waals surface area contributed by atoms with Crippen molar-refractivity contribution in [2.75, 3.05) is 6.54 Å². The molecule has 0 saturated heterocycles. The Morgan fingerprint density at radius 3 is 2.90 bits per heavy atom. The molecule has 0 amide bonds. The zero-order valence-corrected chi connectivity index (χ0v) is 16.5. The molecule has 0 aliphatic carbocycles. The summed E-state index contributed by atoms with van der Waals surface area (Å²) < 4.78 is 18.6. The fourth-order valence-corrected chi connectivity index (χ4v) is 3.27. The first-order chi connectivity index (χ1) is 14.2. The molecule has 0 unspecified atom stereocenters. The largest absolute Gasteiger partial charge is 0.359 e. The van der Waals surface area contributed by atoms with E-state index in [2.05, 4.69) is 32.6 Å². The Bertz CT molecular complexity index is 1110. The van der Waals surface area contributed by atoms with Crippen LogP contribution in [0.5, 0.6) is 0 Å². The lowest BCUT2D eigenvalue weighted by molar-refractivity contribution is 0.374. The summed E-state index contributed by atoms with van der Waals surface area (Å²) in [5, 5.41) is 8.51.